The van der Waals surface area contributed by atoms with Crippen LogP contribution in [0.1, 0.15) is 0 Å². The lowest BCUT2D eigenvalue weighted by atomic mass is 10.2. The smallest absolute Gasteiger partial charge is 0.249 e. The summed E-state index contributed by atoms with van der Waals surface area (Å²) in [5.41, 5.74) is 3.77. The van der Waals surface area contributed by atoms with Crippen LogP contribution in [0.15, 0.2) is 67.0 Å². The largest absolute Gasteiger partial charge is 0.378 e. The van der Waals surface area contributed by atoms with Crippen molar-refractivity contribution >= 4 is 39.7 Å². The Kier molecular flexibility index (Phi) is 4.49. The van der Waals surface area contributed by atoms with Crippen LogP contribution in [0.5, 0.6) is 0 Å². The summed E-state index contributed by atoms with van der Waals surface area (Å²) < 4.78 is 0. The van der Waals surface area contributed by atoms with Crippen LogP contribution in [0.4, 0.5) is 28.8 Å². The van der Waals surface area contributed by atoms with E-state index in [0.717, 1.165) is 28.0 Å². The number of hydrogen-bond acceptors (Lipinski definition) is 7. The molecular weight excluding hydrogens is 338 g/mol. The van der Waals surface area contributed by atoms with Gasteiger partial charge >= 0.3 is 0 Å². The van der Waals surface area contributed by atoms with Crippen LogP contribution in [0, 0.1) is 0 Å². The number of aromatic nitrogens is 4. The molecule has 2 N–H and O–H groups in total. The second-order valence-corrected chi connectivity index (χ2v) is 6.24. The summed E-state index contributed by atoms with van der Waals surface area (Å²) in [4.78, 5) is 11.0. The monoisotopic (exact) mass is 357 g/mol. The molecule has 0 spiro atoms. The van der Waals surface area contributed by atoms with Gasteiger partial charge in [-0.05, 0) is 36.4 Å². The van der Waals surface area contributed by atoms with E-state index in [9.17, 15) is 0 Å². The standard InChI is InChI=1S/C20H19N7/c1-27(2)16-10-8-15(9-11-16)23-20-25-18(13-22-26-20)24-17-7-3-5-14-6-4-12-21-19(14)17/h3-13H,1-2H3,(H2,23,24,25,26). The normalized spacial score (nSPS) is 10.6. The zero-order valence-corrected chi connectivity index (χ0v) is 15.1. The van der Waals surface area contributed by atoms with Crippen LogP contribution < -0.4 is 15.5 Å². The van der Waals surface area contributed by atoms with Crippen LogP contribution in [0.2, 0.25) is 0 Å². The molecule has 7 heteroatoms. The fourth-order valence-corrected chi connectivity index (χ4v) is 2.73. The second-order valence-electron chi connectivity index (χ2n) is 6.24. The molecule has 27 heavy (non-hydrogen) atoms. The molecule has 0 radical (unpaired) electrons. The number of anilines is 5. The Bertz CT molecular complexity index is 1060. The van der Waals surface area contributed by atoms with Gasteiger partial charge in [0.05, 0.1) is 17.4 Å². The topological polar surface area (TPSA) is 78.9 Å². The highest BCUT2D eigenvalue weighted by atomic mass is 15.3. The Balaban J connectivity index is 1.55. The van der Waals surface area contributed by atoms with Crippen molar-refractivity contribution in [1.82, 2.24) is 20.2 Å². The lowest BCUT2D eigenvalue weighted by molar-refractivity contribution is 0.982. The van der Waals surface area contributed by atoms with Gasteiger partial charge in [0.25, 0.3) is 0 Å². The van der Waals surface area contributed by atoms with Crippen LogP contribution in [-0.4, -0.2) is 34.3 Å². The molecule has 0 aliphatic rings. The van der Waals surface area contributed by atoms with Crippen molar-refractivity contribution in [2.24, 2.45) is 0 Å². The Hall–Kier alpha value is -3.74. The maximum atomic E-state index is 4.49. The third-order valence-corrected chi connectivity index (χ3v) is 4.09. The Morgan fingerprint density at radius 1 is 0.889 bits per heavy atom. The predicted octanol–water partition coefficient (Wildman–Crippen LogP) is 3.97. The van der Waals surface area contributed by atoms with Crippen molar-refractivity contribution in [3.05, 3.63) is 67.0 Å². The molecule has 4 aromatic rings. The van der Waals surface area contributed by atoms with Gasteiger partial charge in [0.15, 0.2) is 5.82 Å². The van der Waals surface area contributed by atoms with Gasteiger partial charge in [-0.3, -0.25) is 4.98 Å². The third-order valence-electron chi connectivity index (χ3n) is 4.09. The molecule has 0 saturated carbocycles. The maximum Gasteiger partial charge on any atom is 0.249 e. The SMILES string of the molecule is CN(C)c1ccc(Nc2nncc(Nc3cccc4cccnc34)n2)cc1. The lowest BCUT2D eigenvalue weighted by Gasteiger charge is -2.13. The molecule has 0 unspecified atom stereocenters. The first-order valence-corrected chi connectivity index (χ1v) is 8.54. The van der Waals surface area contributed by atoms with Gasteiger partial charge in [-0.2, -0.15) is 10.1 Å². The Labute approximate surface area is 157 Å². The summed E-state index contributed by atoms with van der Waals surface area (Å²) in [6, 6.07) is 17.9. The van der Waals surface area contributed by atoms with Gasteiger partial charge in [0.2, 0.25) is 5.95 Å². The molecule has 0 bridgehead atoms. The first-order chi connectivity index (χ1) is 13.2. The predicted molar refractivity (Wildman–Crippen MR) is 109 cm³/mol. The average Bonchev–Trinajstić information content (AvgIpc) is 2.69. The maximum absolute atomic E-state index is 4.49. The van der Waals surface area contributed by atoms with Crippen LogP contribution >= 0.6 is 0 Å². The molecule has 134 valence electrons. The number of para-hydroxylation sites is 1. The zero-order chi connectivity index (χ0) is 18.6. The lowest BCUT2D eigenvalue weighted by Crippen LogP contribution is -2.08. The van der Waals surface area contributed by atoms with Crippen molar-refractivity contribution < 1.29 is 0 Å². The van der Waals surface area contributed by atoms with Crippen molar-refractivity contribution in [2.75, 3.05) is 29.6 Å². The molecule has 0 saturated heterocycles. The van der Waals surface area contributed by atoms with E-state index in [1.165, 1.54) is 0 Å². The molecule has 7 nitrogen and oxygen atoms in total. The van der Waals surface area contributed by atoms with E-state index in [4.69, 9.17) is 0 Å². The molecule has 0 fully saturated rings. The molecule has 0 atom stereocenters. The van der Waals surface area contributed by atoms with Crippen LogP contribution in [0.3, 0.4) is 0 Å². The number of nitrogens with zero attached hydrogens (tertiary/aromatic N) is 5. The summed E-state index contributed by atoms with van der Waals surface area (Å²) in [6.45, 7) is 0. The van der Waals surface area contributed by atoms with Crippen molar-refractivity contribution in [3.8, 4) is 0 Å². The molecule has 0 aliphatic heterocycles. The van der Waals surface area contributed by atoms with Gasteiger partial charge < -0.3 is 15.5 Å². The number of rotatable bonds is 5. The van der Waals surface area contributed by atoms with E-state index in [1.807, 2.05) is 73.6 Å². The number of nitrogens with one attached hydrogen (secondary N) is 2. The molecule has 0 amide bonds. The Morgan fingerprint density at radius 2 is 1.70 bits per heavy atom. The van der Waals surface area contributed by atoms with E-state index in [-0.39, 0.29) is 0 Å². The summed E-state index contributed by atoms with van der Waals surface area (Å²) >= 11 is 0. The van der Waals surface area contributed by atoms with Crippen molar-refractivity contribution in [2.45, 2.75) is 0 Å². The summed E-state index contributed by atoms with van der Waals surface area (Å²) in [5.74, 6) is 1.02. The van der Waals surface area contributed by atoms with Crippen LogP contribution in [-0.2, 0) is 0 Å². The average molecular weight is 357 g/mol. The van der Waals surface area contributed by atoms with E-state index >= 15 is 0 Å². The number of fused-ring (bicyclic) bond motifs is 1. The van der Waals surface area contributed by atoms with Gasteiger partial charge in [0.1, 0.15) is 0 Å². The van der Waals surface area contributed by atoms with E-state index in [2.05, 4.69) is 30.8 Å². The number of hydrogen-bond donors (Lipinski definition) is 2. The first kappa shape index (κ1) is 16.7. The minimum atomic E-state index is 0.422. The van der Waals surface area contributed by atoms with Crippen molar-refractivity contribution in [1.29, 1.82) is 0 Å². The molecule has 0 aliphatic carbocycles. The van der Waals surface area contributed by atoms with E-state index < -0.39 is 0 Å². The highest BCUT2D eigenvalue weighted by Crippen LogP contribution is 2.24. The zero-order valence-electron chi connectivity index (χ0n) is 15.1. The quantitative estimate of drug-likeness (QED) is 0.559. The van der Waals surface area contributed by atoms with Gasteiger partial charge in [0, 0.05) is 37.1 Å². The number of pyridine rings is 1. The molecule has 2 aromatic carbocycles. The van der Waals surface area contributed by atoms with E-state index in [0.29, 0.717) is 11.8 Å². The van der Waals surface area contributed by atoms with Gasteiger partial charge in [-0.15, -0.1) is 5.10 Å². The molecule has 2 aromatic heterocycles. The fourth-order valence-electron chi connectivity index (χ4n) is 2.73. The van der Waals surface area contributed by atoms with Crippen LogP contribution in [0.25, 0.3) is 10.9 Å². The van der Waals surface area contributed by atoms with Gasteiger partial charge in [-0.25, -0.2) is 0 Å². The first-order valence-electron chi connectivity index (χ1n) is 8.54. The minimum absolute atomic E-state index is 0.422. The fraction of sp³-hybridized carbons (Fsp3) is 0.100. The van der Waals surface area contributed by atoms with Crippen molar-refractivity contribution in [3.63, 3.8) is 0 Å². The molecule has 4 rings (SSSR count). The highest BCUT2D eigenvalue weighted by Gasteiger charge is 2.06. The summed E-state index contributed by atoms with van der Waals surface area (Å²) in [5, 5.41) is 15.6. The minimum Gasteiger partial charge on any atom is -0.378 e. The second kappa shape index (κ2) is 7.25. The number of benzene rings is 2. The van der Waals surface area contributed by atoms with E-state index in [1.54, 1.807) is 12.4 Å². The summed E-state index contributed by atoms with van der Waals surface area (Å²) in [6.07, 6.45) is 3.36. The third kappa shape index (κ3) is 3.77. The Morgan fingerprint density at radius 3 is 2.52 bits per heavy atom. The summed E-state index contributed by atoms with van der Waals surface area (Å²) in [7, 11) is 4.01. The molecule has 2 heterocycles. The molecular formula is C20H19N7. The highest BCUT2D eigenvalue weighted by molar-refractivity contribution is 5.91. The van der Waals surface area contributed by atoms with Gasteiger partial charge in [-0.1, -0.05) is 18.2 Å².